The third-order valence-electron chi connectivity index (χ3n) is 1.85. The first-order chi connectivity index (χ1) is 5.48. The van der Waals surface area contributed by atoms with Crippen molar-refractivity contribution in [1.29, 1.82) is 0 Å². The molecular weight excluding hydrogens is 152 g/mol. The van der Waals surface area contributed by atoms with E-state index < -0.39 is 5.97 Å². The highest BCUT2D eigenvalue weighted by Gasteiger charge is 2.20. The number of allylic oxidation sites excluding steroid dienone is 2. The Balaban J connectivity index is 3.78. The first kappa shape index (κ1) is 11.2. The number of aliphatic carboxylic acids is 1. The molecule has 0 aliphatic carbocycles. The van der Waals surface area contributed by atoms with Crippen molar-refractivity contribution in [2.45, 2.75) is 40.0 Å². The van der Waals surface area contributed by atoms with Gasteiger partial charge in [0.15, 0.2) is 0 Å². The number of carboxylic acid groups (broad SMARTS) is 1. The molecule has 0 heterocycles. The number of carboxylic acids is 1. The molecule has 0 unspecified atom stereocenters. The lowest BCUT2D eigenvalue weighted by atomic mass is 9.84. The van der Waals surface area contributed by atoms with E-state index >= 15 is 0 Å². The van der Waals surface area contributed by atoms with E-state index in [-0.39, 0.29) is 11.8 Å². The smallest absolute Gasteiger partial charge is 0.303 e. The van der Waals surface area contributed by atoms with Crippen LogP contribution in [0.5, 0.6) is 0 Å². The zero-order valence-electron chi connectivity index (χ0n) is 8.13. The molecule has 0 aromatic rings. The van der Waals surface area contributed by atoms with Gasteiger partial charge in [0.25, 0.3) is 0 Å². The first-order valence-corrected chi connectivity index (χ1v) is 4.31. The van der Waals surface area contributed by atoms with E-state index in [1.54, 1.807) is 0 Å². The monoisotopic (exact) mass is 170 g/mol. The molecule has 2 nitrogen and oxygen atoms in total. The summed E-state index contributed by atoms with van der Waals surface area (Å²) in [5.74, 6) is -0.708. The van der Waals surface area contributed by atoms with Crippen molar-refractivity contribution in [3.63, 3.8) is 0 Å². The van der Waals surface area contributed by atoms with E-state index in [0.717, 1.165) is 12.8 Å². The Hall–Kier alpha value is -0.790. The minimum Gasteiger partial charge on any atom is -0.481 e. The van der Waals surface area contributed by atoms with Crippen LogP contribution in [0, 0.1) is 5.41 Å². The van der Waals surface area contributed by atoms with E-state index in [1.165, 1.54) is 0 Å². The van der Waals surface area contributed by atoms with Crippen LogP contribution in [0.2, 0.25) is 0 Å². The van der Waals surface area contributed by atoms with Gasteiger partial charge in [0.2, 0.25) is 0 Å². The minimum absolute atomic E-state index is 0.0780. The van der Waals surface area contributed by atoms with Crippen LogP contribution >= 0.6 is 0 Å². The summed E-state index contributed by atoms with van der Waals surface area (Å²) in [6.45, 7) is 5.96. The van der Waals surface area contributed by atoms with Crippen LogP contribution < -0.4 is 0 Å². The van der Waals surface area contributed by atoms with Crippen molar-refractivity contribution in [3.8, 4) is 0 Å². The van der Waals surface area contributed by atoms with Crippen molar-refractivity contribution >= 4 is 5.97 Å². The Bertz CT molecular complexity index is 169. The highest BCUT2D eigenvalue weighted by molar-refractivity contribution is 5.67. The van der Waals surface area contributed by atoms with Gasteiger partial charge in [0.05, 0.1) is 6.42 Å². The van der Waals surface area contributed by atoms with E-state index in [0.29, 0.717) is 0 Å². The molecule has 0 amide bonds. The van der Waals surface area contributed by atoms with E-state index in [1.807, 2.05) is 26.8 Å². The topological polar surface area (TPSA) is 37.3 Å². The van der Waals surface area contributed by atoms with E-state index in [4.69, 9.17) is 5.11 Å². The second-order valence-corrected chi connectivity index (χ2v) is 3.84. The predicted octanol–water partition coefficient (Wildman–Crippen LogP) is 2.84. The van der Waals surface area contributed by atoms with Gasteiger partial charge in [-0.1, -0.05) is 26.0 Å². The van der Waals surface area contributed by atoms with Crippen molar-refractivity contribution < 1.29 is 9.90 Å². The fourth-order valence-electron chi connectivity index (χ4n) is 1.14. The average Bonchev–Trinajstić information content (AvgIpc) is 1.84. The van der Waals surface area contributed by atoms with Crippen molar-refractivity contribution in [2.75, 3.05) is 0 Å². The predicted molar refractivity (Wildman–Crippen MR) is 50.1 cm³/mol. The number of carbonyl (C=O) groups is 1. The van der Waals surface area contributed by atoms with Gasteiger partial charge in [-0.2, -0.15) is 0 Å². The molecule has 12 heavy (non-hydrogen) atoms. The number of hydrogen-bond donors (Lipinski definition) is 1. The molecule has 0 aliphatic heterocycles. The highest BCUT2D eigenvalue weighted by atomic mass is 16.4. The van der Waals surface area contributed by atoms with Crippen LogP contribution in [-0.2, 0) is 4.79 Å². The fraction of sp³-hybridized carbons (Fsp3) is 0.700. The zero-order valence-corrected chi connectivity index (χ0v) is 8.13. The summed E-state index contributed by atoms with van der Waals surface area (Å²) in [5.41, 5.74) is -0.0780. The Morgan fingerprint density at radius 1 is 1.50 bits per heavy atom. The fourth-order valence-corrected chi connectivity index (χ4v) is 1.14. The summed E-state index contributed by atoms with van der Waals surface area (Å²) >= 11 is 0. The van der Waals surface area contributed by atoms with Crippen LogP contribution in [0.15, 0.2) is 12.2 Å². The molecule has 0 saturated heterocycles. The molecule has 0 rings (SSSR count). The van der Waals surface area contributed by atoms with E-state index in [2.05, 4.69) is 6.08 Å². The van der Waals surface area contributed by atoms with Gasteiger partial charge < -0.3 is 5.11 Å². The van der Waals surface area contributed by atoms with Crippen molar-refractivity contribution in [1.82, 2.24) is 0 Å². The Kier molecular flexibility index (Phi) is 4.64. The lowest BCUT2D eigenvalue weighted by Crippen LogP contribution is -2.16. The third kappa shape index (κ3) is 5.96. The second-order valence-electron chi connectivity index (χ2n) is 3.84. The molecular formula is C10H18O2. The van der Waals surface area contributed by atoms with Gasteiger partial charge in [-0.25, -0.2) is 0 Å². The molecule has 1 N–H and O–H groups in total. The van der Waals surface area contributed by atoms with Crippen LogP contribution in [-0.4, -0.2) is 11.1 Å². The number of hydrogen-bond acceptors (Lipinski definition) is 1. The summed E-state index contributed by atoms with van der Waals surface area (Å²) in [6.07, 6.45) is 6.23. The van der Waals surface area contributed by atoms with Crippen LogP contribution in [0.1, 0.15) is 40.0 Å². The zero-order chi connectivity index (χ0) is 9.61. The van der Waals surface area contributed by atoms with Crippen molar-refractivity contribution in [2.24, 2.45) is 5.41 Å². The molecule has 0 aromatic heterocycles. The summed E-state index contributed by atoms with van der Waals surface area (Å²) in [6, 6.07) is 0. The molecule has 0 atom stereocenters. The molecule has 0 bridgehead atoms. The van der Waals surface area contributed by atoms with Gasteiger partial charge in [-0.05, 0) is 25.2 Å². The quantitative estimate of drug-likeness (QED) is 0.644. The van der Waals surface area contributed by atoms with Gasteiger partial charge in [0.1, 0.15) is 0 Å². The van der Waals surface area contributed by atoms with Gasteiger partial charge >= 0.3 is 5.97 Å². The number of rotatable bonds is 5. The molecule has 0 aromatic carbocycles. The SMILES string of the molecule is CC=CCCC(C)(C)CC(=O)O. The van der Waals surface area contributed by atoms with E-state index in [9.17, 15) is 4.79 Å². The van der Waals surface area contributed by atoms with Crippen LogP contribution in [0.25, 0.3) is 0 Å². The summed E-state index contributed by atoms with van der Waals surface area (Å²) in [4.78, 5) is 10.4. The van der Waals surface area contributed by atoms with Crippen molar-refractivity contribution in [3.05, 3.63) is 12.2 Å². The second kappa shape index (κ2) is 4.96. The van der Waals surface area contributed by atoms with Crippen LogP contribution in [0.3, 0.4) is 0 Å². The lowest BCUT2D eigenvalue weighted by Gasteiger charge is -2.20. The maximum atomic E-state index is 10.4. The van der Waals surface area contributed by atoms with Gasteiger partial charge in [-0.15, -0.1) is 0 Å². The van der Waals surface area contributed by atoms with Gasteiger partial charge in [0, 0.05) is 0 Å². The standard InChI is InChI=1S/C10H18O2/c1-4-5-6-7-10(2,3)8-9(11)12/h4-5H,6-8H2,1-3H3,(H,11,12). The minimum atomic E-state index is -0.708. The molecule has 0 saturated carbocycles. The normalized spacial score (nSPS) is 12.2. The Morgan fingerprint density at radius 2 is 2.08 bits per heavy atom. The largest absolute Gasteiger partial charge is 0.481 e. The molecule has 0 aliphatic rings. The maximum Gasteiger partial charge on any atom is 0.303 e. The third-order valence-corrected chi connectivity index (χ3v) is 1.85. The first-order valence-electron chi connectivity index (χ1n) is 4.31. The molecule has 0 radical (unpaired) electrons. The Labute approximate surface area is 74.3 Å². The summed E-state index contributed by atoms with van der Waals surface area (Å²) in [7, 11) is 0. The molecule has 70 valence electrons. The maximum absolute atomic E-state index is 10.4. The van der Waals surface area contributed by atoms with Crippen LogP contribution in [0.4, 0.5) is 0 Å². The highest BCUT2D eigenvalue weighted by Crippen LogP contribution is 2.26. The molecule has 0 spiro atoms. The summed E-state index contributed by atoms with van der Waals surface area (Å²) < 4.78 is 0. The summed E-state index contributed by atoms with van der Waals surface area (Å²) in [5, 5.41) is 8.59. The van der Waals surface area contributed by atoms with Gasteiger partial charge in [-0.3, -0.25) is 4.79 Å². The average molecular weight is 170 g/mol. The molecule has 2 heteroatoms. The Morgan fingerprint density at radius 3 is 2.50 bits per heavy atom. The lowest BCUT2D eigenvalue weighted by molar-refractivity contribution is -0.139. The molecule has 0 fully saturated rings.